The number of rotatable bonds is 9. The Balaban J connectivity index is 1.86. The minimum Gasteiger partial charge on any atom is -0.356 e. The molecule has 0 radical (unpaired) electrons. The molecule has 1 aliphatic rings. The lowest BCUT2D eigenvalue weighted by Crippen LogP contribution is -2.50. The summed E-state index contributed by atoms with van der Waals surface area (Å²) in [5, 5.41) is 13.4. The summed E-state index contributed by atoms with van der Waals surface area (Å²) in [6.07, 6.45) is 9.18. The number of aryl methyl sites for hydroxylation is 1. The number of hydrogen-bond acceptors (Lipinski definition) is 4. The van der Waals surface area contributed by atoms with Crippen LogP contribution in [0, 0.1) is 11.3 Å². The van der Waals surface area contributed by atoms with Gasteiger partial charge in [-0.1, -0.05) is 45.9 Å². The second kappa shape index (κ2) is 11.1. The van der Waals surface area contributed by atoms with Crippen molar-refractivity contribution < 1.29 is 0 Å². The van der Waals surface area contributed by atoms with Gasteiger partial charge in [0.2, 0.25) is 0 Å². The van der Waals surface area contributed by atoms with Gasteiger partial charge in [0.1, 0.15) is 5.82 Å². The molecule has 28 heavy (non-hydrogen) atoms. The van der Waals surface area contributed by atoms with E-state index in [0.717, 1.165) is 56.0 Å². The van der Waals surface area contributed by atoms with Gasteiger partial charge in [0.15, 0.2) is 11.1 Å². The van der Waals surface area contributed by atoms with E-state index < -0.39 is 0 Å². The third-order valence-electron chi connectivity index (χ3n) is 5.53. The maximum atomic E-state index is 4.55. The fraction of sp³-hybridized carbons (Fsp3) is 0.857. The Morgan fingerprint density at radius 3 is 2.79 bits per heavy atom. The molecule has 7 heteroatoms. The molecule has 1 atom stereocenters. The standard InChI is InChI=1S/C21H40N6S/c1-7-11-21(4)12-9-14-26(16-21)19(22-5)23-13-8-10-18-24-25-20(28-6)27(18)15-17(2)3/h17H,7-16H2,1-6H3,(H,22,23). The first-order chi connectivity index (χ1) is 13.4. The van der Waals surface area contributed by atoms with E-state index in [-0.39, 0.29) is 0 Å². The molecule has 1 saturated heterocycles. The summed E-state index contributed by atoms with van der Waals surface area (Å²) >= 11 is 1.68. The smallest absolute Gasteiger partial charge is 0.193 e. The van der Waals surface area contributed by atoms with Gasteiger partial charge in [-0.25, -0.2) is 0 Å². The Bertz CT molecular complexity index is 622. The minimum absolute atomic E-state index is 0.423. The van der Waals surface area contributed by atoms with Crippen LogP contribution >= 0.6 is 11.8 Å². The Hall–Kier alpha value is -1.24. The molecule has 6 nitrogen and oxygen atoms in total. The molecular formula is C21H40N6S. The highest BCUT2D eigenvalue weighted by Gasteiger charge is 2.31. The second-order valence-corrected chi connectivity index (χ2v) is 9.54. The number of likely N-dealkylation sites (tertiary alicyclic amines) is 1. The van der Waals surface area contributed by atoms with Crippen molar-refractivity contribution in [1.82, 2.24) is 25.0 Å². The maximum Gasteiger partial charge on any atom is 0.193 e. The molecule has 2 heterocycles. The third-order valence-corrected chi connectivity index (χ3v) is 6.20. The monoisotopic (exact) mass is 408 g/mol. The van der Waals surface area contributed by atoms with Crippen LogP contribution in [0.25, 0.3) is 0 Å². The fourth-order valence-electron chi connectivity index (χ4n) is 4.29. The molecule has 0 bridgehead atoms. The number of aromatic nitrogens is 3. The molecule has 1 N–H and O–H groups in total. The van der Waals surface area contributed by atoms with Crippen LogP contribution < -0.4 is 5.32 Å². The highest BCUT2D eigenvalue weighted by molar-refractivity contribution is 7.98. The van der Waals surface area contributed by atoms with Crippen LogP contribution in [0.5, 0.6) is 0 Å². The van der Waals surface area contributed by atoms with Crippen molar-refractivity contribution in [3.63, 3.8) is 0 Å². The second-order valence-electron chi connectivity index (χ2n) is 8.77. The van der Waals surface area contributed by atoms with Crippen molar-refractivity contribution in [2.24, 2.45) is 16.3 Å². The average Bonchev–Trinajstić information content (AvgIpc) is 3.02. The first-order valence-electron chi connectivity index (χ1n) is 10.8. The number of guanidine groups is 1. The van der Waals surface area contributed by atoms with Crippen molar-refractivity contribution in [2.75, 3.05) is 32.9 Å². The predicted molar refractivity (Wildman–Crippen MR) is 120 cm³/mol. The molecule has 1 aromatic heterocycles. The molecule has 0 aromatic carbocycles. The summed E-state index contributed by atoms with van der Waals surface area (Å²) in [4.78, 5) is 7.00. The Morgan fingerprint density at radius 1 is 1.36 bits per heavy atom. The molecule has 0 amide bonds. The topological polar surface area (TPSA) is 58.3 Å². The number of thioether (sulfide) groups is 1. The summed E-state index contributed by atoms with van der Waals surface area (Å²) in [5.74, 6) is 2.74. The molecule has 1 aromatic rings. The maximum absolute atomic E-state index is 4.55. The molecule has 2 rings (SSSR count). The number of aliphatic imine (C=N–C) groups is 1. The highest BCUT2D eigenvalue weighted by atomic mass is 32.2. The predicted octanol–water partition coefficient (Wildman–Crippen LogP) is 4.07. The van der Waals surface area contributed by atoms with Gasteiger partial charge in [0.25, 0.3) is 0 Å². The van der Waals surface area contributed by atoms with Crippen LogP contribution in [0.2, 0.25) is 0 Å². The zero-order chi connectivity index (χ0) is 20.6. The zero-order valence-electron chi connectivity index (χ0n) is 18.8. The van der Waals surface area contributed by atoms with Gasteiger partial charge in [0.05, 0.1) is 0 Å². The van der Waals surface area contributed by atoms with Crippen molar-refractivity contribution in [3.8, 4) is 0 Å². The SMILES string of the molecule is CCCC1(C)CCCN(C(=NC)NCCCc2nnc(SC)n2CC(C)C)C1. The van der Waals surface area contributed by atoms with E-state index >= 15 is 0 Å². The van der Waals surface area contributed by atoms with Crippen LogP contribution in [-0.4, -0.2) is 58.6 Å². The fourth-order valence-corrected chi connectivity index (χ4v) is 4.81. The van der Waals surface area contributed by atoms with E-state index in [1.165, 1.54) is 25.7 Å². The molecule has 1 unspecified atom stereocenters. The van der Waals surface area contributed by atoms with Gasteiger partial charge in [0, 0.05) is 39.6 Å². The molecule has 0 spiro atoms. The van der Waals surface area contributed by atoms with E-state index in [1.807, 2.05) is 7.05 Å². The van der Waals surface area contributed by atoms with Crippen molar-refractivity contribution in [1.29, 1.82) is 0 Å². The summed E-state index contributed by atoms with van der Waals surface area (Å²) < 4.78 is 2.28. The molecule has 160 valence electrons. The van der Waals surface area contributed by atoms with Crippen LogP contribution in [0.4, 0.5) is 0 Å². The quantitative estimate of drug-likeness (QED) is 0.289. The van der Waals surface area contributed by atoms with Gasteiger partial charge in [-0.3, -0.25) is 4.99 Å². The van der Waals surface area contributed by atoms with E-state index in [1.54, 1.807) is 11.8 Å². The summed E-state index contributed by atoms with van der Waals surface area (Å²) in [6, 6.07) is 0. The molecule has 1 aliphatic heterocycles. The first-order valence-corrected chi connectivity index (χ1v) is 12.1. The molecule has 0 saturated carbocycles. The largest absolute Gasteiger partial charge is 0.356 e. The number of nitrogens with zero attached hydrogens (tertiary/aromatic N) is 5. The number of nitrogens with one attached hydrogen (secondary N) is 1. The lowest BCUT2D eigenvalue weighted by Gasteiger charge is -2.42. The van der Waals surface area contributed by atoms with Crippen LogP contribution in [0.1, 0.15) is 65.6 Å². The Labute approximate surface area is 176 Å². The normalized spacial score (nSPS) is 20.8. The summed E-state index contributed by atoms with van der Waals surface area (Å²) in [6.45, 7) is 13.3. The lowest BCUT2D eigenvalue weighted by atomic mass is 9.78. The lowest BCUT2D eigenvalue weighted by molar-refractivity contribution is 0.142. The van der Waals surface area contributed by atoms with Crippen LogP contribution in [-0.2, 0) is 13.0 Å². The molecular weight excluding hydrogens is 368 g/mol. The number of hydrogen-bond donors (Lipinski definition) is 1. The Morgan fingerprint density at radius 2 is 2.14 bits per heavy atom. The van der Waals surface area contributed by atoms with Crippen LogP contribution in [0.15, 0.2) is 10.1 Å². The summed E-state index contributed by atoms with van der Waals surface area (Å²) in [7, 11) is 1.90. The number of piperidine rings is 1. The average molecular weight is 409 g/mol. The van der Waals surface area contributed by atoms with E-state index in [4.69, 9.17) is 0 Å². The zero-order valence-corrected chi connectivity index (χ0v) is 19.6. The van der Waals surface area contributed by atoms with E-state index in [2.05, 4.69) is 63.9 Å². The van der Waals surface area contributed by atoms with Gasteiger partial charge in [-0.05, 0) is 43.3 Å². The Kier molecular flexibility index (Phi) is 9.12. The highest BCUT2D eigenvalue weighted by Crippen LogP contribution is 2.33. The van der Waals surface area contributed by atoms with Gasteiger partial charge in [-0.15, -0.1) is 10.2 Å². The van der Waals surface area contributed by atoms with Crippen molar-refractivity contribution in [3.05, 3.63) is 5.82 Å². The minimum atomic E-state index is 0.423. The third kappa shape index (κ3) is 6.39. The summed E-state index contributed by atoms with van der Waals surface area (Å²) in [5.41, 5.74) is 0.423. The van der Waals surface area contributed by atoms with E-state index in [9.17, 15) is 0 Å². The van der Waals surface area contributed by atoms with Gasteiger partial charge in [-0.2, -0.15) is 0 Å². The van der Waals surface area contributed by atoms with Gasteiger partial charge < -0.3 is 14.8 Å². The molecule has 1 fully saturated rings. The van der Waals surface area contributed by atoms with Crippen molar-refractivity contribution >= 4 is 17.7 Å². The van der Waals surface area contributed by atoms with E-state index in [0.29, 0.717) is 11.3 Å². The molecule has 0 aliphatic carbocycles. The van der Waals surface area contributed by atoms with Crippen LogP contribution in [0.3, 0.4) is 0 Å². The van der Waals surface area contributed by atoms with Crippen molar-refractivity contribution in [2.45, 2.75) is 77.9 Å². The van der Waals surface area contributed by atoms with Gasteiger partial charge >= 0.3 is 0 Å². The first kappa shape index (κ1) is 23.0.